The predicted octanol–water partition coefficient (Wildman–Crippen LogP) is 2.68. The lowest BCUT2D eigenvalue weighted by Crippen LogP contribution is -2.45. The molecule has 1 saturated heterocycles. The van der Waals surface area contributed by atoms with Gasteiger partial charge in [0.1, 0.15) is 81.4 Å². The Balaban J connectivity index is 0.000000146. The lowest BCUT2D eigenvalue weighted by Gasteiger charge is -2.27. The molecular formula is C41H52B3Br3N3O14+. The lowest BCUT2D eigenvalue weighted by atomic mass is 9.73. The number of nitrogens with two attached hydrogens (primary N) is 2. The van der Waals surface area contributed by atoms with Crippen LogP contribution in [0.25, 0.3) is 0 Å². The number of hydrogen-bond donors (Lipinski definition) is 6. The van der Waals surface area contributed by atoms with Crippen molar-refractivity contribution >= 4 is 86.2 Å². The molecule has 1 aliphatic carbocycles. The van der Waals surface area contributed by atoms with Gasteiger partial charge in [0, 0.05) is 55.4 Å². The highest BCUT2D eigenvalue weighted by Crippen LogP contribution is 2.43. The first-order valence-corrected chi connectivity index (χ1v) is 23.1. The van der Waals surface area contributed by atoms with Crippen LogP contribution in [-0.2, 0) is 37.4 Å². The molecule has 6 aliphatic heterocycles. The van der Waals surface area contributed by atoms with Crippen LogP contribution in [0.15, 0.2) is 60.6 Å². The molecule has 64 heavy (non-hydrogen) atoms. The molecule has 6 atom stereocenters. The van der Waals surface area contributed by atoms with E-state index in [4.69, 9.17) is 58.3 Å². The summed E-state index contributed by atoms with van der Waals surface area (Å²) in [4.78, 5) is 12.0. The SMILES string of the molecule is CC(C)(C)OC(=O)NCC1OB2OC(C)(CO)COc3ccc(Br)c1c32.C[C@@]1(CO)COC2=C3B(O[C@H](CN)C3=C(Br)C=[C+]2)O1.C[C@@]1(CO)COc2ccc(Br)c3c2B(O[C@@H]3CN)O1. The molecule has 0 aromatic heterocycles. The molecule has 9 rings (SSSR count). The van der Waals surface area contributed by atoms with Crippen LogP contribution >= 0.6 is 47.8 Å². The monoisotopic (exact) mass is 1080 g/mol. The number of halogens is 3. The number of benzene rings is 2. The molecule has 1 amide bonds. The molecule has 17 nitrogen and oxygen atoms in total. The Morgan fingerprint density at radius 2 is 1.23 bits per heavy atom. The molecule has 2 unspecified atom stereocenters. The number of ether oxygens (including phenoxy) is 4. The second-order valence-corrected chi connectivity index (χ2v) is 20.4. The van der Waals surface area contributed by atoms with Crippen molar-refractivity contribution in [3.8, 4) is 11.5 Å². The average Bonchev–Trinajstić information content (AvgIpc) is 3.84. The minimum absolute atomic E-state index is 0.134. The van der Waals surface area contributed by atoms with Gasteiger partial charge in [-0.1, -0.05) is 31.9 Å². The number of aliphatic hydroxyl groups is 3. The minimum atomic E-state index is -0.874. The molecule has 344 valence electrons. The number of carbonyl (C=O) groups excluding carboxylic acids is 1. The fraction of sp³-hybridized carbons (Fsp3) is 0.537. The maximum absolute atomic E-state index is 12.0. The maximum Gasteiger partial charge on any atom is 0.581 e. The molecule has 0 spiro atoms. The standard InChI is InChI=1S/C17H23BBrNO6.C12H15BBrNO4.C12H14BBrNO4/c1-16(2,3)24-15(22)20-7-12-13-10(19)5-6-11-14(13)18(25-12)26-17(4,8-21)9-23-11;2*1-12(5-16)6-17-8-3-2-7(14)10-9(4-15)18-13(19-12)11(8)10/h5-6,12,21H,7-9H2,1-4H3,(H,20,22);2-3,9,16H,4-6,15H2,1H3;2,9,16H,4-6,15H2,1H3/q;;+1/t;2*9-,12-/m.11/s1. The second kappa shape index (κ2) is 19.6. The number of aliphatic hydroxyl groups excluding tert-OH is 3. The molecule has 7 aliphatic rings. The average molecular weight is 1080 g/mol. The molecule has 0 bridgehead atoms. The largest absolute Gasteiger partial charge is 0.581 e. The van der Waals surface area contributed by atoms with Crippen LogP contribution in [0.4, 0.5) is 4.79 Å². The quantitative estimate of drug-likeness (QED) is 0.173. The van der Waals surface area contributed by atoms with Gasteiger partial charge in [0.15, 0.2) is 0 Å². The highest BCUT2D eigenvalue weighted by atomic mass is 79.9. The lowest BCUT2D eigenvalue weighted by molar-refractivity contribution is -0.0387. The smallest absolute Gasteiger partial charge is 0.491 e. The molecule has 2 aromatic carbocycles. The first-order valence-electron chi connectivity index (χ1n) is 20.7. The van der Waals surface area contributed by atoms with Crippen LogP contribution in [-0.4, -0.2) is 131 Å². The van der Waals surface area contributed by atoms with Gasteiger partial charge in [-0.3, -0.25) is 0 Å². The second-order valence-electron chi connectivity index (χ2n) is 17.8. The summed E-state index contributed by atoms with van der Waals surface area (Å²) in [7, 11) is -1.80. The van der Waals surface area contributed by atoms with E-state index in [2.05, 4.69) is 59.2 Å². The van der Waals surface area contributed by atoms with E-state index in [1.807, 2.05) is 24.3 Å². The zero-order chi connectivity index (χ0) is 46.4. The molecule has 2 aromatic rings. The number of nitrogens with one attached hydrogen (secondary N) is 1. The Kier molecular flexibility index (Phi) is 15.1. The third kappa shape index (κ3) is 10.3. The number of allylic oxidation sites excluding steroid dienone is 3. The first-order chi connectivity index (χ1) is 30.3. The molecular weight excluding hydrogens is 1030 g/mol. The molecule has 0 saturated carbocycles. The summed E-state index contributed by atoms with van der Waals surface area (Å²) in [6, 6.07) is 7.52. The Bertz CT molecular complexity index is 2200. The van der Waals surface area contributed by atoms with E-state index >= 15 is 0 Å². The van der Waals surface area contributed by atoms with Gasteiger partial charge in [-0.15, -0.1) is 0 Å². The van der Waals surface area contributed by atoms with Gasteiger partial charge in [0.2, 0.25) is 0 Å². The zero-order valence-electron chi connectivity index (χ0n) is 36.3. The maximum atomic E-state index is 12.0. The van der Waals surface area contributed by atoms with Crippen molar-refractivity contribution in [3.63, 3.8) is 0 Å². The van der Waals surface area contributed by atoms with Gasteiger partial charge in [0.25, 0.3) is 5.76 Å². The normalized spacial score (nSPS) is 28.3. The van der Waals surface area contributed by atoms with Crippen molar-refractivity contribution in [2.75, 3.05) is 59.3 Å². The van der Waals surface area contributed by atoms with E-state index in [9.17, 15) is 20.1 Å². The van der Waals surface area contributed by atoms with Crippen LogP contribution in [0.2, 0.25) is 0 Å². The van der Waals surface area contributed by atoms with Gasteiger partial charge in [0.05, 0.1) is 38.1 Å². The van der Waals surface area contributed by atoms with E-state index in [0.29, 0.717) is 24.6 Å². The van der Waals surface area contributed by atoms with Crippen LogP contribution in [0.5, 0.6) is 11.5 Å². The highest BCUT2D eigenvalue weighted by molar-refractivity contribution is 9.12. The Labute approximate surface area is 398 Å². The van der Waals surface area contributed by atoms with Gasteiger partial charge < -0.3 is 79.0 Å². The summed E-state index contributed by atoms with van der Waals surface area (Å²) < 4.78 is 60.7. The number of rotatable bonds is 7. The van der Waals surface area contributed by atoms with Gasteiger partial charge in [-0.25, -0.2) is 4.79 Å². The summed E-state index contributed by atoms with van der Waals surface area (Å²) in [5, 5.41) is 31.3. The highest BCUT2D eigenvalue weighted by Gasteiger charge is 2.56. The third-order valence-corrected chi connectivity index (χ3v) is 13.1. The van der Waals surface area contributed by atoms with Crippen LogP contribution in [0.3, 0.4) is 0 Å². The molecule has 0 radical (unpaired) electrons. The summed E-state index contributed by atoms with van der Waals surface area (Å²) >= 11 is 10.6. The van der Waals surface area contributed by atoms with E-state index in [0.717, 1.165) is 52.3 Å². The van der Waals surface area contributed by atoms with E-state index in [-0.39, 0.29) is 58.4 Å². The van der Waals surface area contributed by atoms with Crippen molar-refractivity contribution in [1.82, 2.24) is 5.32 Å². The molecule has 8 N–H and O–H groups in total. The Morgan fingerprint density at radius 1 is 0.766 bits per heavy atom. The third-order valence-electron chi connectivity index (χ3n) is 11.1. The topological polar surface area (TPSA) is 234 Å². The van der Waals surface area contributed by atoms with Crippen molar-refractivity contribution in [2.24, 2.45) is 11.5 Å². The molecule has 23 heteroatoms. The number of alkyl carbamates (subject to hydrolysis) is 1. The van der Waals surface area contributed by atoms with Gasteiger partial charge >= 0.3 is 27.4 Å². The summed E-state index contributed by atoms with van der Waals surface area (Å²) in [6.07, 6.45) is 3.45. The predicted molar refractivity (Wildman–Crippen MR) is 247 cm³/mol. The fourth-order valence-corrected chi connectivity index (χ4v) is 9.49. The van der Waals surface area contributed by atoms with Crippen LogP contribution in [0, 0.1) is 6.08 Å². The summed E-state index contributed by atoms with van der Waals surface area (Å²) in [5.74, 6) is 2.00. The molecule has 1 fully saturated rings. The Morgan fingerprint density at radius 3 is 1.73 bits per heavy atom. The fourth-order valence-electron chi connectivity index (χ4n) is 7.70. The van der Waals surface area contributed by atoms with Crippen molar-refractivity contribution < 1.29 is 67.0 Å². The van der Waals surface area contributed by atoms with Crippen molar-refractivity contribution in [1.29, 1.82) is 0 Å². The zero-order valence-corrected chi connectivity index (χ0v) is 41.1. The Hall–Kier alpha value is -2.57. The minimum Gasteiger partial charge on any atom is -0.491 e. The van der Waals surface area contributed by atoms with Crippen LogP contribution in [0.1, 0.15) is 64.9 Å². The van der Waals surface area contributed by atoms with Gasteiger partial charge in [-0.05, 0) is 76.9 Å². The van der Waals surface area contributed by atoms with E-state index < -0.39 is 56.0 Å². The van der Waals surface area contributed by atoms with E-state index in [1.54, 1.807) is 47.6 Å². The summed E-state index contributed by atoms with van der Waals surface area (Å²) in [6.45, 7) is 12.0. The first kappa shape index (κ1) is 49.3. The van der Waals surface area contributed by atoms with Crippen molar-refractivity contribution in [2.45, 2.75) is 82.3 Å². The molecule has 6 heterocycles. The number of carbonyl (C=O) groups is 1. The van der Waals surface area contributed by atoms with Crippen molar-refractivity contribution in [3.05, 3.63) is 77.8 Å². The van der Waals surface area contributed by atoms with Gasteiger partial charge in [-0.2, -0.15) is 0 Å². The van der Waals surface area contributed by atoms with E-state index in [1.165, 1.54) is 0 Å². The number of amides is 1. The van der Waals surface area contributed by atoms with Crippen LogP contribution < -0.4 is 37.2 Å². The number of hydrogen-bond acceptors (Lipinski definition) is 16. The summed E-state index contributed by atoms with van der Waals surface area (Å²) in [5.41, 5.74) is 13.7.